The van der Waals surface area contributed by atoms with Gasteiger partial charge in [0.1, 0.15) is 5.76 Å². The molecular formula is C14H14BrNO2. The zero-order chi connectivity index (χ0) is 13.1. The summed E-state index contributed by atoms with van der Waals surface area (Å²) in [6.45, 7) is 3.85. The van der Waals surface area contributed by atoms with Gasteiger partial charge in [-0.05, 0) is 49.7 Å². The number of halogens is 1. The lowest BCUT2D eigenvalue weighted by Crippen LogP contribution is -2.26. The van der Waals surface area contributed by atoms with Gasteiger partial charge in [-0.2, -0.15) is 0 Å². The van der Waals surface area contributed by atoms with E-state index in [-0.39, 0.29) is 11.9 Å². The van der Waals surface area contributed by atoms with Crippen LogP contribution in [0.2, 0.25) is 0 Å². The molecule has 0 radical (unpaired) electrons. The first-order chi connectivity index (χ1) is 8.58. The Bertz CT molecular complexity index is 549. The van der Waals surface area contributed by atoms with Gasteiger partial charge in [-0.1, -0.05) is 15.9 Å². The van der Waals surface area contributed by atoms with Crippen molar-refractivity contribution in [2.75, 3.05) is 0 Å². The highest BCUT2D eigenvalue weighted by Crippen LogP contribution is 2.18. The van der Waals surface area contributed by atoms with Crippen LogP contribution < -0.4 is 5.32 Å². The molecule has 0 aliphatic carbocycles. The molecule has 3 nitrogen and oxygen atoms in total. The van der Waals surface area contributed by atoms with Crippen molar-refractivity contribution < 1.29 is 9.21 Å². The molecule has 1 N–H and O–H groups in total. The molecule has 0 fully saturated rings. The maximum absolute atomic E-state index is 12.0. The minimum absolute atomic E-state index is 0.102. The number of hydrogen-bond donors (Lipinski definition) is 1. The molecule has 4 heteroatoms. The summed E-state index contributed by atoms with van der Waals surface area (Å²) in [6.07, 6.45) is 1.60. The molecular weight excluding hydrogens is 294 g/mol. The van der Waals surface area contributed by atoms with E-state index in [1.165, 1.54) is 0 Å². The van der Waals surface area contributed by atoms with Gasteiger partial charge in [-0.25, -0.2) is 0 Å². The maximum Gasteiger partial charge on any atom is 0.251 e. The average Bonchev–Trinajstić information content (AvgIpc) is 2.86. The highest BCUT2D eigenvalue weighted by molar-refractivity contribution is 9.10. The lowest BCUT2D eigenvalue weighted by molar-refractivity contribution is 0.0935. The third kappa shape index (κ3) is 2.82. The number of hydrogen-bond acceptors (Lipinski definition) is 2. The van der Waals surface area contributed by atoms with Crippen molar-refractivity contribution in [3.05, 3.63) is 58.0 Å². The van der Waals surface area contributed by atoms with E-state index in [1.807, 2.05) is 38.1 Å². The Hall–Kier alpha value is -1.55. The van der Waals surface area contributed by atoms with E-state index in [9.17, 15) is 4.79 Å². The summed E-state index contributed by atoms with van der Waals surface area (Å²) >= 11 is 3.41. The summed E-state index contributed by atoms with van der Waals surface area (Å²) in [6, 6.07) is 9.04. The molecule has 1 amide bonds. The van der Waals surface area contributed by atoms with Crippen LogP contribution in [0.5, 0.6) is 0 Å². The lowest BCUT2D eigenvalue weighted by Gasteiger charge is -2.12. The van der Waals surface area contributed by atoms with Gasteiger partial charge in [0.15, 0.2) is 0 Å². The molecule has 18 heavy (non-hydrogen) atoms. The summed E-state index contributed by atoms with van der Waals surface area (Å²) in [5, 5.41) is 2.90. The van der Waals surface area contributed by atoms with Crippen molar-refractivity contribution in [2.45, 2.75) is 19.9 Å². The minimum atomic E-state index is -0.142. The van der Waals surface area contributed by atoms with E-state index in [0.29, 0.717) is 5.56 Å². The van der Waals surface area contributed by atoms with Crippen LogP contribution in [0.15, 0.2) is 45.5 Å². The topological polar surface area (TPSA) is 42.2 Å². The van der Waals surface area contributed by atoms with E-state index < -0.39 is 0 Å². The highest BCUT2D eigenvalue weighted by Gasteiger charge is 2.13. The van der Waals surface area contributed by atoms with E-state index in [4.69, 9.17) is 4.42 Å². The predicted molar refractivity (Wildman–Crippen MR) is 73.5 cm³/mol. The molecule has 1 aromatic carbocycles. The SMILES string of the molecule is Cc1cc(C(=O)NC(C)c2ccco2)ccc1Br. The molecule has 1 unspecified atom stereocenters. The van der Waals surface area contributed by atoms with Gasteiger partial charge in [0.25, 0.3) is 5.91 Å². The molecule has 0 bridgehead atoms. The second-order valence-electron chi connectivity index (χ2n) is 4.17. The predicted octanol–water partition coefficient (Wildman–Crippen LogP) is 3.84. The van der Waals surface area contributed by atoms with Crippen LogP contribution in [0, 0.1) is 6.92 Å². The molecule has 0 aliphatic heterocycles. The molecule has 0 spiro atoms. The van der Waals surface area contributed by atoms with Gasteiger partial charge in [0.05, 0.1) is 12.3 Å². The van der Waals surface area contributed by atoms with Crippen LogP contribution in [-0.4, -0.2) is 5.91 Å². The largest absolute Gasteiger partial charge is 0.467 e. The van der Waals surface area contributed by atoms with Crippen LogP contribution in [-0.2, 0) is 0 Å². The van der Waals surface area contributed by atoms with Crippen molar-refractivity contribution >= 4 is 21.8 Å². The standard InChI is InChI=1S/C14H14BrNO2/c1-9-8-11(5-6-12(9)15)14(17)16-10(2)13-4-3-7-18-13/h3-8,10H,1-2H3,(H,16,17). The van der Waals surface area contributed by atoms with Crippen molar-refractivity contribution in [1.82, 2.24) is 5.32 Å². The Morgan fingerprint density at radius 2 is 2.17 bits per heavy atom. The van der Waals surface area contributed by atoms with Crippen molar-refractivity contribution in [3.63, 3.8) is 0 Å². The number of carbonyl (C=O) groups is 1. The van der Waals surface area contributed by atoms with Crippen molar-refractivity contribution in [2.24, 2.45) is 0 Å². The maximum atomic E-state index is 12.0. The van der Waals surface area contributed by atoms with Gasteiger partial charge in [-0.3, -0.25) is 4.79 Å². The van der Waals surface area contributed by atoms with Gasteiger partial charge >= 0.3 is 0 Å². The quantitative estimate of drug-likeness (QED) is 0.936. The number of rotatable bonds is 3. The summed E-state index contributed by atoms with van der Waals surface area (Å²) < 4.78 is 6.25. The van der Waals surface area contributed by atoms with Gasteiger partial charge < -0.3 is 9.73 Å². The number of benzene rings is 1. The van der Waals surface area contributed by atoms with Crippen LogP contribution in [0.1, 0.15) is 34.6 Å². The highest BCUT2D eigenvalue weighted by atomic mass is 79.9. The molecule has 2 aromatic rings. The monoisotopic (exact) mass is 307 g/mol. The van der Waals surface area contributed by atoms with E-state index >= 15 is 0 Å². The van der Waals surface area contributed by atoms with Gasteiger partial charge in [0, 0.05) is 10.0 Å². The van der Waals surface area contributed by atoms with Gasteiger partial charge in [0.2, 0.25) is 0 Å². The molecule has 2 rings (SSSR count). The summed E-state index contributed by atoms with van der Waals surface area (Å²) in [5.74, 6) is 0.645. The molecule has 0 saturated carbocycles. The Morgan fingerprint density at radius 3 is 2.78 bits per heavy atom. The third-order valence-electron chi connectivity index (χ3n) is 2.74. The first-order valence-corrected chi connectivity index (χ1v) is 6.47. The zero-order valence-corrected chi connectivity index (χ0v) is 11.8. The molecule has 0 aliphatic rings. The number of furan rings is 1. The molecule has 1 atom stereocenters. The second kappa shape index (κ2) is 5.40. The van der Waals surface area contributed by atoms with Crippen molar-refractivity contribution in [1.29, 1.82) is 0 Å². The summed E-state index contributed by atoms with van der Waals surface area (Å²) in [7, 11) is 0. The Labute approximate surface area is 114 Å². The van der Waals surface area contributed by atoms with Crippen LogP contribution in [0.3, 0.4) is 0 Å². The zero-order valence-electron chi connectivity index (χ0n) is 10.2. The lowest BCUT2D eigenvalue weighted by atomic mass is 10.1. The first kappa shape index (κ1) is 12.9. The number of nitrogens with one attached hydrogen (secondary N) is 1. The fourth-order valence-electron chi connectivity index (χ4n) is 1.67. The first-order valence-electron chi connectivity index (χ1n) is 5.68. The summed E-state index contributed by atoms with van der Waals surface area (Å²) in [5.41, 5.74) is 1.68. The normalized spacial score (nSPS) is 12.2. The van der Waals surface area contributed by atoms with E-state index in [1.54, 1.807) is 12.3 Å². The number of aryl methyl sites for hydroxylation is 1. The van der Waals surface area contributed by atoms with E-state index in [0.717, 1.165) is 15.8 Å². The fourth-order valence-corrected chi connectivity index (χ4v) is 1.92. The van der Waals surface area contributed by atoms with Crippen molar-refractivity contribution in [3.8, 4) is 0 Å². The Balaban J connectivity index is 2.10. The minimum Gasteiger partial charge on any atom is -0.467 e. The second-order valence-corrected chi connectivity index (χ2v) is 5.03. The van der Waals surface area contributed by atoms with Gasteiger partial charge in [-0.15, -0.1) is 0 Å². The van der Waals surface area contributed by atoms with Crippen LogP contribution >= 0.6 is 15.9 Å². The van der Waals surface area contributed by atoms with Crippen LogP contribution in [0.4, 0.5) is 0 Å². The number of carbonyl (C=O) groups excluding carboxylic acids is 1. The smallest absolute Gasteiger partial charge is 0.251 e. The summed E-state index contributed by atoms with van der Waals surface area (Å²) in [4.78, 5) is 12.0. The molecule has 1 aromatic heterocycles. The molecule has 1 heterocycles. The Morgan fingerprint density at radius 1 is 1.39 bits per heavy atom. The molecule has 94 valence electrons. The fraction of sp³-hybridized carbons (Fsp3) is 0.214. The Kier molecular flexibility index (Phi) is 3.87. The number of amides is 1. The van der Waals surface area contributed by atoms with E-state index in [2.05, 4.69) is 21.2 Å². The molecule has 0 saturated heterocycles. The average molecular weight is 308 g/mol. The van der Waals surface area contributed by atoms with Crippen LogP contribution in [0.25, 0.3) is 0 Å². The third-order valence-corrected chi connectivity index (χ3v) is 3.63.